The minimum atomic E-state index is -0.905. The standard InChI is InChI=1S/C13H9Cl2N3/c1-13(8-16,9-5-3-2-4-6-9)10-7-11(14)18-12(15)17-10/h2-7H,1H3. The number of halogens is 2. The lowest BCUT2D eigenvalue weighted by atomic mass is 9.81. The van der Waals surface area contributed by atoms with E-state index in [1.54, 1.807) is 13.0 Å². The topological polar surface area (TPSA) is 49.6 Å². The number of aromatic nitrogens is 2. The fourth-order valence-corrected chi connectivity index (χ4v) is 2.10. The molecule has 3 nitrogen and oxygen atoms in total. The second-order valence-electron chi connectivity index (χ2n) is 3.95. The molecule has 5 heteroatoms. The van der Waals surface area contributed by atoms with Gasteiger partial charge in [-0.1, -0.05) is 41.9 Å². The summed E-state index contributed by atoms with van der Waals surface area (Å²) in [6.07, 6.45) is 0. The predicted octanol–water partition coefficient (Wildman–Crippen LogP) is 3.61. The average Bonchev–Trinajstić information content (AvgIpc) is 2.37. The summed E-state index contributed by atoms with van der Waals surface area (Å²) in [5.74, 6) is 0. The number of nitriles is 1. The second kappa shape index (κ2) is 4.93. The zero-order chi connectivity index (χ0) is 13.2. The van der Waals surface area contributed by atoms with Crippen molar-refractivity contribution in [3.8, 4) is 6.07 Å². The van der Waals surface area contributed by atoms with E-state index in [1.807, 2.05) is 30.3 Å². The van der Waals surface area contributed by atoms with Gasteiger partial charge >= 0.3 is 0 Å². The van der Waals surface area contributed by atoms with Crippen molar-refractivity contribution in [3.63, 3.8) is 0 Å². The van der Waals surface area contributed by atoms with Gasteiger partial charge in [-0.3, -0.25) is 0 Å². The van der Waals surface area contributed by atoms with Gasteiger partial charge in [0, 0.05) is 0 Å². The van der Waals surface area contributed by atoms with Crippen molar-refractivity contribution in [2.75, 3.05) is 0 Å². The van der Waals surface area contributed by atoms with Gasteiger partial charge in [-0.2, -0.15) is 5.26 Å². The molecule has 0 saturated heterocycles. The van der Waals surface area contributed by atoms with Crippen molar-refractivity contribution >= 4 is 23.2 Å². The molecule has 0 amide bonds. The van der Waals surface area contributed by atoms with Crippen LogP contribution in [0.1, 0.15) is 18.2 Å². The molecule has 0 bridgehead atoms. The van der Waals surface area contributed by atoms with Crippen molar-refractivity contribution in [1.29, 1.82) is 5.26 Å². The Hall–Kier alpha value is -1.63. The molecule has 0 saturated carbocycles. The quantitative estimate of drug-likeness (QED) is 0.622. The van der Waals surface area contributed by atoms with Crippen LogP contribution in [0.5, 0.6) is 0 Å². The number of hydrogen-bond donors (Lipinski definition) is 0. The van der Waals surface area contributed by atoms with E-state index >= 15 is 0 Å². The second-order valence-corrected chi connectivity index (χ2v) is 4.67. The molecule has 0 aliphatic carbocycles. The maximum absolute atomic E-state index is 9.48. The Morgan fingerprint density at radius 1 is 1.17 bits per heavy atom. The number of nitrogens with zero attached hydrogens (tertiary/aromatic N) is 3. The zero-order valence-electron chi connectivity index (χ0n) is 9.56. The van der Waals surface area contributed by atoms with E-state index in [2.05, 4.69) is 16.0 Å². The summed E-state index contributed by atoms with van der Waals surface area (Å²) in [7, 11) is 0. The van der Waals surface area contributed by atoms with E-state index in [0.29, 0.717) is 5.69 Å². The van der Waals surface area contributed by atoms with Crippen LogP contribution in [0.15, 0.2) is 36.4 Å². The highest BCUT2D eigenvalue weighted by Gasteiger charge is 2.31. The van der Waals surface area contributed by atoms with Crippen LogP contribution in [-0.2, 0) is 5.41 Å². The first kappa shape index (κ1) is 12.8. The molecule has 2 aromatic rings. The van der Waals surface area contributed by atoms with Crippen LogP contribution < -0.4 is 0 Å². The smallest absolute Gasteiger partial charge is 0.221 e. The monoisotopic (exact) mass is 277 g/mol. The van der Waals surface area contributed by atoms with Gasteiger partial charge in [-0.25, -0.2) is 9.97 Å². The lowest BCUT2D eigenvalue weighted by Crippen LogP contribution is -2.23. The SMILES string of the molecule is CC(C#N)(c1ccccc1)c1cc(Cl)nc(Cl)n1. The van der Waals surface area contributed by atoms with Crippen molar-refractivity contribution in [3.05, 3.63) is 58.1 Å². The van der Waals surface area contributed by atoms with E-state index < -0.39 is 5.41 Å². The minimum Gasteiger partial charge on any atom is -0.221 e. The van der Waals surface area contributed by atoms with Gasteiger partial charge in [0.15, 0.2) is 0 Å². The van der Waals surface area contributed by atoms with Gasteiger partial charge in [0.25, 0.3) is 0 Å². The van der Waals surface area contributed by atoms with Crippen LogP contribution in [0, 0.1) is 11.3 Å². The van der Waals surface area contributed by atoms with Crippen molar-refractivity contribution in [2.24, 2.45) is 0 Å². The predicted molar refractivity (Wildman–Crippen MR) is 70.6 cm³/mol. The summed E-state index contributed by atoms with van der Waals surface area (Å²) < 4.78 is 0. The van der Waals surface area contributed by atoms with Crippen LogP contribution in [0.4, 0.5) is 0 Å². The molecule has 1 atom stereocenters. The maximum Gasteiger partial charge on any atom is 0.224 e. The Kier molecular flexibility index (Phi) is 3.51. The maximum atomic E-state index is 9.48. The minimum absolute atomic E-state index is 0.0370. The average molecular weight is 278 g/mol. The lowest BCUT2D eigenvalue weighted by molar-refractivity contribution is 0.705. The Labute approximate surface area is 115 Å². The highest BCUT2D eigenvalue weighted by atomic mass is 35.5. The summed E-state index contributed by atoms with van der Waals surface area (Å²) in [5, 5.41) is 9.74. The first-order valence-corrected chi connectivity index (χ1v) is 5.99. The summed E-state index contributed by atoms with van der Waals surface area (Å²) in [5.41, 5.74) is 0.414. The normalized spacial score (nSPS) is 13.7. The summed E-state index contributed by atoms with van der Waals surface area (Å²) in [4.78, 5) is 7.89. The van der Waals surface area contributed by atoms with E-state index in [4.69, 9.17) is 23.2 Å². The van der Waals surface area contributed by atoms with Gasteiger partial charge in [0.2, 0.25) is 5.28 Å². The third-order valence-corrected chi connectivity index (χ3v) is 3.12. The Bertz CT molecular complexity index is 587. The molecular formula is C13H9Cl2N3. The Morgan fingerprint density at radius 3 is 2.39 bits per heavy atom. The number of benzene rings is 1. The van der Waals surface area contributed by atoms with Crippen molar-refractivity contribution in [1.82, 2.24) is 9.97 Å². The third kappa shape index (κ3) is 2.31. The number of rotatable bonds is 2. The van der Waals surface area contributed by atoms with Gasteiger partial charge in [-0.05, 0) is 30.2 Å². The van der Waals surface area contributed by atoms with Crippen LogP contribution in [0.2, 0.25) is 10.4 Å². The molecule has 1 heterocycles. The lowest BCUT2D eigenvalue weighted by Gasteiger charge is -2.21. The zero-order valence-corrected chi connectivity index (χ0v) is 11.1. The molecule has 18 heavy (non-hydrogen) atoms. The number of hydrogen-bond acceptors (Lipinski definition) is 3. The van der Waals surface area contributed by atoms with Gasteiger partial charge in [0.05, 0.1) is 11.8 Å². The molecular weight excluding hydrogens is 269 g/mol. The first-order chi connectivity index (χ1) is 8.56. The molecule has 1 aromatic heterocycles. The molecule has 0 N–H and O–H groups in total. The van der Waals surface area contributed by atoms with Gasteiger partial charge < -0.3 is 0 Å². The van der Waals surface area contributed by atoms with Gasteiger partial charge in [0.1, 0.15) is 10.6 Å². The summed E-state index contributed by atoms with van der Waals surface area (Å²) in [6.45, 7) is 1.78. The van der Waals surface area contributed by atoms with E-state index in [9.17, 15) is 5.26 Å². The Morgan fingerprint density at radius 2 is 1.83 bits per heavy atom. The van der Waals surface area contributed by atoms with Crippen LogP contribution >= 0.6 is 23.2 Å². The highest BCUT2D eigenvalue weighted by Crippen LogP contribution is 2.31. The molecule has 0 fully saturated rings. The molecule has 1 aromatic carbocycles. The molecule has 0 aliphatic heterocycles. The molecule has 0 radical (unpaired) electrons. The van der Waals surface area contributed by atoms with Crippen molar-refractivity contribution in [2.45, 2.75) is 12.3 Å². The third-order valence-electron chi connectivity index (χ3n) is 2.75. The molecule has 90 valence electrons. The molecule has 1 unspecified atom stereocenters. The van der Waals surface area contributed by atoms with E-state index in [1.165, 1.54) is 0 Å². The largest absolute Gasteiger partial charge is 0.224 e. The van der Waals surface area contributed by atoms with Crippen LogP contribution in [0.25, 0.3) is 0 Å². The van der Waals surface area contributed by atoms with Crippen LogP contribution in [0.3, 0.4) is 0 Å². The van der Waals surface area contributed by atoms with Crippen LogP contribution in [-0.4, -0.2) is 9.97 Å². The Balaban J connectivity index is 2.61. The fourth-order valence-electron chi connectivity index (χ4n) is 1.69. The van der Waals surface area contributed by atoms with E-state index in [-0.39, 0.29) is 10.4 Å². The molecule has 2 rings (SSSR count). The molecule has 0 aliphatic rings. The highest BCUT2D eigenvalue weighted by molar-refractivity contribution is 6.31. The summed E-state index contributed by atoms with van der Waals surface area (Å²) in [6, 6.07) is 13.2. The summed E-state index contributed by atoms with van der Waals surface area (Å²) >= 11 is 11.6. The first-order valence-electron chi connectivity index (χ1n) is 5.23. The fraction of sp³-hybridized carbons (Fsp3) is 0.154. The van der Waals surface area contributed by atoms with Crippen molar-refractivity contribution < 1.29 is 0 Å². The van der Waals surface area contributed by atoms with E-state index in [0.717, 1.165) is 5.56 Å². The molecule has 0 spiro atoms. The van der Waals surface area contributed by atoms with Gasteiger partial charge in [-0.15, -0.1) is 0 Å².